The third kappa shape index (κ3) is 7.54. The fourth-order valence-corrected chi connectivity index (χ4v) is 9.01. The second kappa shape index (κ2) is 14.1. The van der Waals surface area contributed by atoms with E-state index in [1.807, 2.05) is 69.0 Å². The monoisotopic (exact) mass is 612 g/mol. The van der Waals surface area contributed by atoms with E-state index >= 15 is 0 Å². The van der Waals surface area contributed by atoms with Crippen LogP contribution in [-0.4, -0.2) is 56.9 Å². The van der Waals surface area contributed by atoms with Crippen LogP contribution in [0.1, 0.15) is 64.1 Å². The number of sulfonamides is 1. The first kappa shape index (κ1) is 32.0. The number of aryl methyl sites for hydroxylation is 4. The molecule has 1 aromatic heterocycles. The summed E-state index contributed by atoms with van der Waals surface area (Å²) >= 11 is 1.66. The zero-order valence-electron chi connectivity index (χ0n) is 25.7. The number of amides is 1. The van der Waals surface area contributed by atoms with Gasteiger partial charge in [-0.1, -0.05) is 43.0 Å². The lowest BCUT2D eigenvalue weighted by atomic mass is 9.95. The quantitative estimate of drug-likeness (QED) is 0.231. The summed E-state index contributed by atoms with van der Waals surface area (Å²) < 4.78 is 41.1. The molecular weight excluding hydrogens is 569 g/mol. The van der Waals surface area contributed by atoms with Crippen LogP contribution in [0, 0.1) is 27.7 Å². The molecule has 7 nitrogen and oxygen atoms in total. The van der Waals surface area contributed by atoms with Crippen LogP contribution < -0.4 is 9.47 Å². The number of nitrogens with zero attached hydrogens (tertiary/aromatic N) is 2. The van der Waals surface area contributed by atoms with E-state index in [-0.39, 0.29) is 18.5 Å². The van der Waals surface area contributed by atoms with E-state index in [0.29, 0.717) is 35.9 Å². The molecule has 2 aromatic carbocycles. The van der Waals surface area contributed by atoms with Crippen molar-refractivity contribution in [1.29, 1.82) is 0 Å². The summed E-state index contributed by atoms with van der Waals surface area (Å²) in [6, 6.07) is 13.5. The van der Waals surface area contributed by atoms with Crippen molar-refractivity contribution in [3.63, 3.8) is 0 Å². The molecule has 0 spiro atoms. The van der Waals surface area contributed by atoms with Crippen LogP contribution in [0.4, 0.5) is 0 Å². The maximum Gasteiger partial charge on any atom is 0.244 e. The lowest BCUT2D eigenvalue weighted by Gasteiger charge is -2.35. The highest BCUT2D eigenvalue weighted by Gasteiger charge is 2.36. The van der Waals surface area contributed by atoms with Crippen LogP contribution in [-0.2, 0) is 27.8 Å². The van der Waals surface area contributed by atoms with Crippen LogP contribution in [0.15, 0.2) is 47.4 Å². The van der Waals surface area contributed by atoms with E-state index < -0.39 is 10.0 Å². The molecule has 0 unspecified atom stereocenters. The summed E-state index contributed by atoms with van der Waals surface area (Å²) in [5, 5.41) is 0. The van der Waals surface area contributed by atoms with Gasteiger partial charge in [0.25, 0.3) is 0 Å². The Kier molecular flexibility index (Phi) is 10.7. The molecule has 0 saturated heterocycles. The highest BCUT2D eigenvalue weighted by molar-refractivity contribution is 7.89. The molecule has 4 rings (SSSR count). The van der Waals surface area contributed by atoms with Crippen molar-refractivity contribution < 1.29 is 22.7 Å². The van der Waals surface area contributed by atoms with Crippen molar-refractivity contribution in [3.05, 3.63) is 74.5 Å². The predicted octanol–water partition coefficient (Wildman–Crippen LogP) is 6.59. The van der Waals surface area contributed by atoms with E-state index in [9.17, 15) is 13.2 Å². The van der Waals surface area contributed by atoms with Crippen molar-refractivity contribution >= 4 is 27.3 Å². The molecule has 0 bridgehead atoms. The Bertz CT molecular complexity index is 1470. The average Bonchev–Trinajstić information content (AvgIpc) is 3.37. The van der Waals surface area contributed by atoms with Crippen LogP contribution in [0.5, 0.6) is 11.5 Å². The Morgan fingerprint density at radius 1 is 0.905 bits per heavy atom. The van der Waals surface area contributed by atoms with Gasteiger partial charge >= 0.3 is 0 Å². The molecule has 42 heavy (non-hydrogen) atoms. The lowest BCUT2D eigenvalue weighted by Crippen LogP contribution is -2.48. The van der Waals surface area contributed by atoms with E-state index in [0.717, 1.165) is 59.2 Å². The van der Waals surface area contributed by atoms with Gasteiger partial charge in [-0.25, -0.2) is 8.42 Å². The van der Waals surface area contributed by atoms with Gasteiger partial charge in [-0.05, 0) is 87.9 Å². The minimum Gasteiger partial charge on any atom is -0.493 e. The smallest absolute Gasteiger partial charge is 0.244 e. The fourth-order valence-electron chi connectivity index (χ4n) is 6.05. The molecule has 3 aromatic rings. The minimum absolute atomic E-state index is 0.171. The number of carbonyl (C=O) groups is 1. The van der Waals surface area contributed by atoms with Crippen molar-refractivity contribution in [2.75, 3.05) is 27.3 Å². The second-order valence-corrected chi connectivity index (χ2v) is 14.5. The summed E-state index contributed by atoms with van der Waals surface area (Å²) in [5.41, 5.74) is 3.48. The van der Waals surface area contributed by atoms with Gasteiger partial charge in [-0.2, -0.15) is 4.31 Å². The Hall–Kier alpha value is -2.88. The second-order valence-electron chi connectivity index (χ2n) is 11.3. The van der Waals surface area contributed by atoms with Gasteiger partial charge in [0.2, 0.25) is 15.9 Å². The Labute approximate surface area is 255 Å². The van der Waals surface area contributed by atoms with Crippen molar-refractivity contribution in [2.24, 2.45) is 0 Å². The van der Waals surface area contributed by atoms with Gasteiger partial charge in [0.1, 0.15) is 0 Å². The molecule has 0 N–H and O–H groups in total. The van der Waals surface area contributed by atoms with E-state index in [4.69, 9.17) is 9.47 Å². The molecule has 1 fully saturated rings. The van der Waals surface area contributed by atoms with Crippen LogP contribution in [0.25, 0.3) is 0 Å². The number of methoxy groups -OCH3 is 2. The summed E-state index contributed by atoms with van der Waals surface area (Å²) in [4.78, 5) is 18.5. The van der Waals surface area contributed by atoms with E-state index in [2.05, 4.69) is 6.07 Å². The van der Waals surface area contributed by atoms with Gasteiger partial charge in [-0.15, -0.1) is 11.3 Å². The summed E-state index contributed by atoms with van der Waals surface area (Å²) in [7, 11) is -0.693. The molecule has 1 aliphatic carbocycles. The van der Waals surface area contributed by atoms with E-state index in [1.54, 1.807) is 25.6 Å². The number of hydrogen-bond acceptors (Lipinski definition) is 6. The van der Waals surface area contributed by atoms with Gasteiger partial charge in [0.15, 0.2) is 11.5 Å². The number of hydrogen-bond donors (Lipinski definition) is 0. The zero-order chi connectivity index (χ0) is 30.4. The minimum atomic E-state index is -3.90. The standard InChI is InChI=1S/C33H44N2O5S2/c1-23-18-24(2)33(25(3)19-23)42(37,38)35(28-10-8-7-9-11-28)22-32(36)34(21-29-14-12-26(4)41-29)17-16-27-13-15-30(39-5)31(20-27)40-6/h12-15,18-20,28H,7-11,16-17,21-22H2,1-6H3. The van der Waals surface area contributed by atoms with Crippen LogP contribution in [0.2, 0.25) is 0 Å². The largest absolute Gasteiger partial charge is 0.493 e. The Morgan fingerprint density at radius 3 is 2.17 bits per heavy atom. The molecule has 1 aliphatic rings. The normalized spacial score (nSPS) is 14.3. The molecule has 1 saturated carbocycles. The first-order valence-corrected chi connectivity index (χ1v) is 16.9. The number of thiophene rings is 1. The first-order chi connectivity index (χ1) is 20.0. The summed E-state index contributed by atoms with van der Waals surface area (Å²) in [5.74, 6) is 1.11. The number of benzene rings is 2. The Morgan fingerprint density at radius 2 is 1.57 bits per heavy atom. The Balaban J connectivity index is 1.64. The van der Waals surface area contributed by atoms with Crippen molar-refractivity contribution in [2.45, 2.75) is 83.7 Å². The summed E-state index contributed by atoms with van der Waals surface area (Å²) in [6.07, 6.45) is 5.17. The van der Waals surface area contributed by atoms with Gasteiger partial charge in [-0.3, -0.25) is 4.79 Å². The summed E-state index contributed by atoms with van der Waals surface area (Å²) in [6.45, 7) is 8.44. The van der Waals surface area contributed by atoms with Crippen LogP contribution in [0.3, 0.4) is 0 Å². The molecule has 0 atom stereocenters. The highest BCUT2D eigenvalue weighted by Crippen LogP contribution is 2.32. The molecule has 1 amide bonds. The molecule has 0 radical (unpaired) electrons. The van der Waals surface area contributed by atoms with Gasteiger partial charge in [0.05, 0.1) is 32.2 Å². The van der Waals surface area contributed by atoms with Gasteiger partial charge in [0, 0.05) is 22.3 Å². The molecule has 0 aliphatic heterocycles. The highest BCUT2D eigenvalue weighted by atomic mass is 32.2. The molecule has 1 heterocycles. The van der Waals surface area contributed by atoms with Crippen LogP contribution >= 0.6 is 11.3 Å². The molecular formula is C33H44N2O5S2. The lowest BCUT2D eigenvalue weighted by molar-refractivity contribution is -0.132. The molecule has 9 heteroatoms. The number of carbonyl (C=O) groups excluding carboxylic acids is 1. The maximum absolute atomic E-state index is 14.3. The topological polar surface area (TPSA) is 76.2 Å². The fraction of sp³-hybridized carbons (Fsp3) is 0.485. The predicted molar refractivity (Wildman–Crippen MR) is 169 cm³/mol. The number of ether oxygens (including phenoxy) is 2. The van der Waals surface area contributed by atoms with Crippen molar-refractivity contribution in [3.8, 4) is 11.5 Å². The SMILES string of the molecule is COc1ccc(CCN(Cc2ccc(C)s2)C(=O)CN(C2CCCCC2)S(=O)(=O)c2c(C)cc(C)cc2C)cc1OC. The maximum atomic E-state index is 14.3. The zero-order valence-corrected chi connectivity index (χ0v) is 27.4. The average molecular weight is 613 g/mol. The molecule has 228 valence electrons. The van der Waals surface area contributed by atoms with Gasteiger partial charge < -0.3 is 14.4 Å². The van der Waals surface area contributed by atoms with Crippen molar-refractivity contribution in [1.82, 2.24) is 9.21 Å². The third-order valence-corrected chi connectivity index (χ3v) is 11.2. The van der Waals surface area contributed by atoms with E-state index in [1.165, 1.54) is 9.18 Å². The third-order valence-electron chi connectivity index (χ3n) is 8.06. The first-order valence-electron chi connectivity index (χ1n) is 14.7. The number of rotatable bonds is 12.